The molecular formula is C25H26N4O3. The van der Waals surface area contributed by atoms with Crippen LogP contribution < -0.4 is 0 Å². The Hall–Kier alpha value is -3.47. The van der Waals surface area contributed by atoms with Crippen molar-refractivity contribution in [2.45, 2.75) is 33.4 Å². The number of aliphatic hydroxyl groups excluding tert-OH is 1. The van der Waals surface area contributed by atoms with Gasteiger partial charge in [-0.25, -0.2) is 9.48 Å². The standard InChI is InChI=1S/C25H26N4O3/c1-17-11-19(12-26)3-6-24(17)29-15-20(13-27-29)14-28(9-10-30)8-7-21-4-5-22-23(18(21)2)16-32-25(22)31/h3-6,11,13,15,30H,7-10,14,16H2,1-2H3. The third-order valence-electron chi connectivity index (χ3n) is 6.01. The summed E-state index contributed by atoms with van der Waals surface area (Å²) in [4.78, 5) is 14.0. The van der Waals surface area contributed by atoms with Crippen molar-refractivity contribution in [3.8, 4) is 11.8 Å². The smallest absolute Gasteiger partial charge is 0.338 e. The number of hydrogen-bond donors (Lipinski definition) is 1. The van der Waals surface area contributed by atoms with Gasteiger partial charge in [-0.05, 0) is 61.2 Å². The first-order chi connectivity index (χ1) is 15.5. The van der Waals surface area contributed by atoms with Crippen LogP contribution in [0.4, 0.5) is 0 Å². The van der Waals surface area contributed by atoms with Gasteiger partial charge in [0, 0.05) is 37.0 Å². The molecule has 164 valence electrons. The first-order valence-electron chi connectivity index (χ1n) is 10.7. The van der Waals surface area contributed by atoms with Crippen LogP contribution in [0.15, 0.2) is 42.7 Å². The van der Waals surface area contributed by atoms with Crippen LogP contribution in [0.25, 0.3) is 5.69 Å². The molecule has 0 radical (unpaired) electrons. The summed E-state index contributed by atoms with van der Waals surface area (Å²) < 4.78 is 6.98. The van der Waals surface area contributed by atoms with Gasteiger partial charge in [0.25, 0.3) is 0 Å². The molecule has 0 aliphatic carbocycles. The summed E-state index contributed by atoms with van der Waals surface area (Å²) in [6, 6.07) is 11.6. The minimum atomic E-state index is -0.244. The number of nitriles is 1. The number of hydrogen-bond acceptors (Lipinski definition) is 6. The van der Waals surface area contributed by atoms with Crippen LogP contribution in [0.5, 0.6) is 0 Å². The number of cyclic esters (lactones) is 1. The minimum Gasteiger partial charge on any atom is -0.457 e. The minimum absolute atomic E-state index is 0.0778. The van der Waals surface area contributed by atoms with E-state index in [0.29, 0.717) is 30.8 Å². The molecule has 1 aliphatic heterocycles. The molecular weight excluding hydrogens is 404 g/mol. The molecule has 1 aromatic heterocycles. The summed E-state index contributed by atoms with van der Waals surface area (Å²) >= 11 is 0. The molecule has 3 aromatic rings. The summed E-state index contributed by atoms with van der Waals surface area (Å²) in [5, 5.41) is 23.1. The van der Waals surface area contributed by atoms with Crippen LogP contribution in [0.3, 0.4) is 0 Å². The Kier molecular flexibility index (Phi) is 6.35. The van der Waals surface area contributed by atoms with Crippen LogP contribution in [-0.2, 0) is 24.3 Å². The Morgan fingerprint density at radius 2 is 2.09 bits per heavy atom. The lowest BCUT2D eigenvalue weighted by molar-refractivity contribution is 0.0535. The number of fused-ring (bicyclic) bond motifs is 1. The fourth-order valence-electron chi connectivity index (χ4n) is 4.17. The molecule has 32 heavy (non-hydrogen) atoms. The molecule has 1 N–H and O–H groups in total. The number of carbonyl (C=O) groups excluding carboxylic acids is 1. The predicted octanol–water partition coefficient (Wildman–Crippen LogP) is 3.07. The van der Waals surface area contributed by atoms with Crippen LogP contribution in [0, 0.1) is 25.2 Å². The molecule has 1 aliphatic rings. The Morgan fingerprint density at radius 1 is 1.25 bits per heavy atom. The number of aliphatic hydroxyl groups is 1. The number of aromatic nitrogens is 2. The van der Waals surface area contributed by atoms with E-state index in [2.05, 4.69) is 16.1 Å². The summed E-state index contributed by atoms with van der Waals surface area (Å²) in [6.07, 6.45) is 4.64. The second-order valence-corrected chi connectivity index (χ2v) is 8.11. The summed E-state index contributed by atoms with van der Waals surface area (Å²) in [5.74, 6) is -0.244. The van der Waals surface area contributed by atoms with Crippen molar-refractivity contribution in [3.63, 3.8) is 0 Å². The van der Waals surface area contributed by atoms with Crippen LogP contribution in [0.1, 0.15) is 43.7 Å². The highest BCUT2D eigenvalue weighted by atomic mass is 16.5. The van der Waals surface area contributed by atoms with E-state index in [1.54, 1.807) is 6.07 Å². The molecule has 0 amide bonds. The first kappa shape index (κ1) is 21.8. The highest BCUT2D eigenvalue weighted by molar-refractivity contribution is 5.93. The summed E-state index contributed by atoms with van der Waals surface area (Å²) in [7, 11) is 0. The first-order valence-corrected chi connectivity index (χ1v) is 10.7. The van der Waals surface area contributed by atoms with Gasteiger partial charge in [-0.1, -0.05) is 6.07 Å². The van der Waals surface area contributed by atoms with E-state index in [1.807, 2.05) is 55.2 Å². The van der Waals surface area contributed by atoms with Crippen molar-refractivity contribution in [3.05, 3.63) is 81.7 Å². The second-order valence-electron chi connectivity index (χ2n) is 8.11. The van der Waals surface area contributed by atoms with E-state index in [-0.39, 0.29) is 12.6 Å². The molecule has 2 aromatic carbocycles. The molecule has 0 bridgehead atoms. The molecule has 4 rings (SSSR count). The van der Waals surface area contributed by atoms with Gasteiger partial charge in [-0.2, -0.15) is 10.4 Å². The SMILES string of the molecule is Cc1cc(C#N)ccc1-n1cc(CN(CCO)CCc2ccc3c(c2C)COC3=O)cn1. The van der Waals surface area contributed by atoms with Crippen LogP contribution >= 0.6 is 0 Å². The van der Waals surface area contributed by atoms with E-state index < -0.39 is 0 Å². The average molecular weight is 431 g/mol. The van der Waals surface area contributed by atoms with Crippen molar-refractivity contribution in [2.24, 2.45) is 0 Å². The van der Waals surface area contributed by atoms with Crippen LogP contribution in [0.2, 0.25) is 0 Å². The van der Waals surface area contributed by atoms with Crippen molar-refractivity contribution in [1.29, 1.82) is 5.26 Å². The van der Waals surface area contributed by atoms with Gasteiger partial charge < -0.3 is 9.84 Å². The Morgan fingerprint density at radius 3 is 2.84 bits per heavy atom. The van der Waals surface area contributed by atoms with Crippen molar-refractivity contribution < 1.29 is 14.6 Å². The van der Waals surface area contributed by atoms with Gasteiger partial charge in [0.05, 0.1) is 35.7 Å². The zero-order valence-corrected chi connectivity index (χ0v) is 18.3. The summed E-state index contributed by atoms with van der Waals surface area (Å²) in [6.45, 7) is 6.43. The Bertz CT molecular complexity index is 1190. The Balaban J connectivity index is 1.45. The number of carbonyl (C=O) groups is 1. The molecule has 7 nitrogen and oxygen atoms in total. The van der Waals surface area contributed by atoms with E-state index in [9.17, 15) is 9.90 Å². The number of esters is 1. The number of ether oxygens (including phenoxy) is 1. The zero-order valence-electron chi connectivity index (χ0n) is 18.3. The fourth-order valence-corrected chi connectivity index (χ4v) is 4.17. The predicted molar refractivity (Wildman–Crippen MR) is 119 cm³/mol. The third kappa shape index (κ3) is 4.42. The lowest BCUT2D eigenvalue weighted by Gasteiger charge is -2.21. The molecule has 0 saturated heterocycles. The lowest BCUT2D eigenvalue weighted by Crippen LogP contribution is -2.28. The average Bonchev–Trinajstić information content (AvgIpc) is 3.40. The topological polar surface area (TPSA) is 91.4 Å². The molecule has 0 atom stereocenters. The maximum atomic E-state index is 11.8. The van der Waals surface area contributed by atoms with Gasteiger partial charge in [-0.3, -0.25) is 4.90 Å². The molecule has 7 heteroatoms. The summed E-state index contributed by atoms with van der Waals surface area (Å²) in [5.41, 5.74) is 7.56. The van der Waals surface area contributed by atoms with Gasteiger partial charge in [0.1, 0.15) is 6.61 Å². The highest BCUT2D eigenvalue weighted by Crippen LogP contribution is 2.26. The number of benzene rings is 2. The zero-order chi connectivity index (χ0) is 22.7. The second kappa shape index (κ2) is 9.35. The van der Waals surface area contributed by atoms with E-state index in [4.69, 9.17) is 10.00 Å². The maximum absolute atomic E-state index is 11.8. The number of aryl methyl sites for hydroxylation is 1. The van der Waals surface area contributed by atoms with Crippen molar-refractivity contribution in [2.75, 3.05) is 19.7 Å². The lowest BCUT2D eigenvalue weighted by atomic mass is 9.96. The molecule has 0 fully saturated rings. The van der Waals surface area contributed by atoms with E-state index in [1.165, 1.54) is 5.56 Å². The van der Waals surface area contributed by atoms with E-state index >= 15 is 0 Å². The molecule has 0 spiro atoms. The van der Waals surface area contributed by atoms with Crippen LogP contribution in [-0.4, -0.2) is 45.5 Å². The largest absolute Gasteiger partial charge is 0.457 e. The molecule has 0 saturated carbocycles. The van der Waals surface area contributed by atoms with Gasteiger partial charge in [-0.15, -0.1) is 0 Å². The number of rotatable bonds is 8. The molecule has 2 heterocycles. The maximum Gasteiger partial charge on any atom is 0.338 e. The highest BCUT2D eigenvalue weighted by Gasteiger charge is 2.24. The van der Waals surface area contributed by atoms with Gasteiger partial charge in [0.2, 0.25) is 0 Å². The Labute approximate surface area is 187 Å². The van der Waals surface area contributed by atoms with Crippen molar-refractivity contribution >= 4 is 5.97 Å². The van der Waals surface area contributed by atoms with Gasteiger partial charge >= 0.3 is 5.97 Å². The monoisotopic (exact) mass is 430 g/mol. The number of nitrogens with zero attached hydrogens (tertiary/aromatic N) is 4. The molecule has 0 unspecified atom stereocenters. The normalized spacial score (nSPS) is 12.7. The quantitative estimate of drug-likeness (QED) is 0.552. The van der Waals surface area contributed by atoms with Gasteiger partial charge in [0.15, 0.2) is 0 Å². The third-order valence-corrected chi connectivity index (χ3v) is 6.01. The van der Waals surface area contributed by atoms with E-state index in [0.717, 1.165) is 40.9 Å². The fraction of sp³-hybridized carbons (Fsp3) is 0.320. The van der Waals surface area contributed by atoms with Crippen molar-refractivity contribution in [1.82, 2.24) is 14.7 Å².